The molecule has 4 rings (SSSR count). The van der Waals surface area contributed by atoms with E-state index in [4.69, 9.17) is 26.2 Å². The number of aromatic nitrogens is 4. The van der Waals surface area contributed by atoms with Crippen molar-refractivity contribution in [2.24, 2.45) is 0 Å². The summed E-state index contributed by atoms with van der Waals surface area (Å²) < 4.78 is 1.76. The minimum Gasteiger partial charge on any atom is -0.505 e. The number of hydrogen-bond donors (Lipinski definition) is 5. The smallest absolute Gasteiger partial charge is 0.407 e. The molecule has 0 bridgehead atoms. The maximum Gasteiger partial charge on any atom is 0.407 e. The second-order valence-corrected chi connectivity index (χ2v) is 9.72. The standard InChI is InChI=1S/2C5H3BrN2O3.C5H5BrN2O.C5H4BrNO.Fe/c2*6-3-1-2-7-5(4(3)9)8(10)11;6-3-1-2-8-5(7)4(3)9;6-4-1-2-7-3-5(4)8;/h2*1-2,9H;1-2,9H,(H2,7,8);1-3,8H;. The number of nitro groups is 2. The Morgan fingerprint density at radius 2 is 1.02 bits per heavy atom. The van der Waals surface area contributed by atoms with Gasteiger partial charge in [0.1, 0.15) is 18.1 Å². The van der Waals surface area contributed by atoms with Crippen molar-refractivity contribution in [1.29, 1.82) is 0 Å². The van der Waals surface area contributed by atoms with Crippen molar-refractivity contribution in [2.45, 2.75) is 0 Å². The number of hydrogen-bond acceptors (Lipinski definition) is 13. The predicted molar refractivity (Wildman–Crippen MR) is 152 cm³/mol. The Morgan fingerprint density at radius 1 is 0.650 bits per heavy atom. The fraction of sp³-hybridized carbons (Fsp3) is 0. The summed E-state index contributed by atoms with van der Waals surface area (Å²) in [4.78, 5) is 32.8. The van der Waals surface area contributed by atoms with Gasteiger partial charge in [0.05, 0.1) is 24.1 Å². The van der Waals surface area contributed by atoms with Gasteiger partial charge >= 0.3 is 11.6 Å². The summed E-state index contributed by atoms with van der Waals surface area (Å²) in [5.41, 5.74) is 5.23. The van der Waals surface area contributed by atoms with Gasteiger partial charge in [-0.15, -0.1) is 0 Å². The molecule has 4 aromatic rings. The van der Waals surface area contributed by atoms with Crippen LogP contribution >= 0.6 is 63.7 Å². The van der Waals surface area contributed by atoms with Crippen LogP contribution in [-0.4, -0.2) is 50.2 Å². The first-order valence-electron chi connectivity index (χ1n) is 9.61. The molecular formula is C20H15Br4FeN7O8. The Balaban J connectivity index is 0.000000507. The first-order chi connectivity index (χ1) is 18.3. The summed E-state index contributed by atoms with van der Waals surface area (Å²) in [6.45, 7) is 0. The van der Waals surface area contributed by atoms with Crippen molar-refractivity contribution >= 4 is 81.2 Å². The molecule has 0 unspecified atom stereocenters. The second-order valence-electron chi connectivity index (χ2n) is 6.30. The van der Waals surface area contributed by atoms with Gasteiger partial charge in [-0.25, -0.2) is 4.98 Å². The van der Waals surface area contributed by atoms with Crippen LogP contribution in [0.2, 0.25) is 0 Å². The molecular weight excluding hydrogens is 842 g/mol. The van der Waals surface area contributed by atoms with Crippen molar-refractivity contribution in [3.05, 3.63) is 93.4 Å². The van der Waals surface area contributed by atoms with Gasteiger partial charge in [-0.2, -0.15) is 0 Å². The molecule has 6 N–H and O–H groups in total. The molecule has 0 aliphatic rings. The van der Waals surface area contributed by atoms with Gasteiger partial charge in [-0.3, -0.25) is 4.98 Å². The van der Waals surface area contributed by atoms with Gasteiger partial charge < -0.3 is 46.4 Å². The zero-order valence-corrected chi connectivity index (χ0v) is 26.7. The minimum atomic E-state index is -0.750. The Hall–Kier alpha value is -3.16. The molecule has 0 saturated carbocycles. The average molecular weight is 857 g/mol. The Kier molecular flexibility index (Phi) is 16.8. The fourth-order valence-electron chi connectivity index (χ4n) is 1.92. The number of aromatic hydroxyl groups is 4. The third-order valence-electron chi connectivity index (χ3n) is 3.71. The third kappa shape index (κ3) is 11.9. The normalized spacial score (nSPS) is 9.20. The summed E-state index contributed by atoms with van der Waals surface area (Å²) in [5, 5.41) is 56.1. The van der Waals surface area contributed by atoms with E-state index in [0.717, 1.165) is 0 Å². The monoisotopic (exact) mass is 853 g/mol. The number of rotatable bonds is 2. The number of halogens is 4. The van der Waals surface area contributed by atoms with Crippen LogP contribution in [0.4, 0.5) is 17.5 Å². The molecule has 15 nitrogen and oxygen atoms in total. The largest absolute Gasteiger partial charge is 0.505 e. The maximum absolute atomic E-state index is 10.1. The molecule has 0 saturated heterocycles. The summed E-state index contributed by atoms with van der Waals surface area (Å²) >= 11 is 12.0. The molecule has 0 aliphatic heterocycles. The van der Waals surface area contributed by atoms with Gasteiger partial charge in [-0.05, 0) is 95.7 Å². The van der Waals surface area contributed by atoms with Crippen molar-refractivity contribution in [2.75, 3.05) is 5.73 Å². The van der Waals surface area contributed by atoms with Crippen molar-refractivity contribution in [3.8, 4) is 23.0 Å². The van der Waals surface area contributed by atoms with E-state index in [0.29, 0.717) is 8.95 Å². The van der Waals surface area contributed by atoms with Crippen LogP contribution in [0.5, 0.6) is 23.0 Å². The van der Waals surface area contributed by atoms with E-state index in [-0.39, 0.29) is 43.3 Å². The van der Waals surface area contributed by atoms with E-state index in [1.807, 2.05) is 0 Å². The van der Waals surface area contributed by atoms with Gasteiger partial charge in [0.2, 0.25) is 11.5 Å². The maximum atomic E-state index is 10.1. The molecule has 214 valence electrons. The van der Waals surface area contributed by atoms with Crippen LogP contribution in [-0.2, 0) is 17.1 Å². The molecule has 40 heavy (non-hydrogen) atoms. The first-order valence-corrected chi connectivity index (χ1v) is 12.8. The van der Waals surface area contributed by atoms with Crippen LogP contribution in [0, 0.1) is 20.2 Å². The molecule has 0 aliphatic carbocycles. The molecule has 20 heteroatoms. The molecule has 4 heterocycles. The van der Waals surface area contributed by atoms with Crippen LogP contribution in [0.1, 0.15) is 0 Å². The quantitative estimate of drug-likeness (QED) is 0.0939. The fourth-order valence-corrected chi connectivity index (χ4v) is 3.06. The number of nitrogens with two attached hydrogens (primary N) is 1. The second kappa shape index (κ2) is 18.2. The first kappa shape index (κ1) is 36.8. The minimum absolute atomic E-state index is 0. The van der Waals surface area contributed by atoms with Crippen molar-refractivity contribution < 1.29 is 47.3 Å². The van der Waals surface area contributed by atoms with Crippen LogP contribution in [0.25, 0.3) is 0 Å². The topological polar surface area (TPSA) is 245 Å². The molecule has 0 fully saturated rings. The van der Waals surface area contributed by atoms with Crippen LogP contribution in [0.15, 0.2) is 73.1 Å². The zero-order valence-electron chi connectivity index (χ0n) is 19.2. The number of nitrogens with zero attached hydrogens (tertiary/aromatic N) is 6. The Labute approximate surface area is 268 Å². The van der Waals surface area contributed by atoms with Crippen molar-refractivity contribution in [1.82, 2.24) is 19.9 Å². The molecule has 0 amide bonds. The summed E-state index contributed by atoms with van der Waals surface area (Å²) in [6, 6.07) is 6.13. The molecule has 0 aromatic carbocycles. The van der Waals surface area contributed by atoms with E-state index in [2.05, 4.69) is 83.7 Å². The van der Waals surface area contributed by atoms with Crippen LogP contribution in [0.3, 0.4) is 0 Å². The molecule has 0 radical (unpaired) electrons. The number of nitrogen functional groups attached to an aromatic ring is 1. The van der Waals surface area contributed by atoms with E-state index < -0.39 is 33.0 Å². The van der Waals surface area contributed by atoms with Gasteiger partial charge in [-0.1, -0.05) is 0 Å². The van der Waals surface area contributed by atoms with Crippen LogP contribution < -0.4 is 5.73 Å². The van der Waals surface area contributed by atoms with Gasteiger partial charge in [0.25, 0.3) is 0 Å². The molecule has 0 atom stereocenters. The molecule has 4 aromatic heterocycles. The number of anilines is 1. The van der Waals surface area contributed by atoms with E-state index in [1.165, 1.54) is 36.9 Å². The summed E-state index contributed by atoms with van der Waals surface area (Å²) in [5.74, 6) is -1.66. The van der Waals surface area contributed by atoms with E-state index in [1.54, 1.807) is 18.3 Å². The average Bonchev–Trinajstić information content (AvgIpc) is 2.88. The molecule has 0 spiro atoms. The van der Waals surface area contributed by atoms with Crippen molar-refractivity contribution in [3.63, 3.8) is 0 Å². The Bertz CT molecular complexity index is 1350. The SMILES string of the molecule is Nc1nccc(Br)c1O.O=[N+]([O-])c1nccc(Br)c1O.O=[N+]([O-])c1nccc(Br)c1O.Oc1cnccc1Br.[Fe]. The predicted octanol–water partition coefficient (Wildman–Crippen LogP) is 5.59. The third-order valence-corrected chi connectivity index (χ3v) is 6.30. The zero-order chi connectivity index (χ0) is 29.7. The number of pyridine rings is 4. The van der Waals surface area contributed by atoms with E-state index >= 15 is 0 Å². The Morgan fingerprint density at radius 3 is 1.30 bits per heavy atom. The summed E-state index contributed by atoms with van der Waals surface area (Å²) in [6.07, 6.45) is 6.97. The van der Waals surface area contributed by atoms with Gasteiger partial charge in [0, 0.05) is 41.6 Å². The summed E-state index contributed by atoms with van der Waals surface area (Å²) in [7, 11) is 0. The van der Waals surface area contributed by atoms with Gasteiger partial charge in [0.15, 0.2) is 11.6 Å². The van der Waals surface area contributed by atoms with E-state index in [9.17, 15) is 20.2 Å².